The first-order chi connectivity index (χ1) is 8.11. The molecule has 1 aromatic carbocycles. The molecule has 0 amide bonds. The Kier molecular flexibility index (Phi) is 3.14. The minimum absolute atomic E-state index is 0.378. The highest BCUT2D eigenvalue weighted by atomic mass is 79.9. The number of nitrogen functional groups attached to an aromatic ring is 1. The topological polar surface area (TPSA) is 70.1 Å². The molecule has 0 saturated carbocycles. The summed E-state index contributed by atoms with van der Waals surface area (Å²) in [5.74, 6) is -0.445. The van der Waals surface area contributed by atoms with Crippen LogP contribution in [-0.2, 0) is 4.74 Å². The third kappa shape index (κ3) is 2.31. The fraction of sp³-hybridized carbons (Fsp3) is 0.0909. The van der Waals surface area contributed by atoms with Crippen LogP contribution in [0, 0.1) is 0 Å². The van der Waals surface area contributed by atoms with E-state index in [9.17, 15) is 4.79 Å². The second kappa shape index (κ2) is 4.58. The standard InChI is InChI=1S/C11H10BrN3O2/c1-17-11(16)9-4-8(13)2-3-10(9)15-6-7(12)5-14-15/h2-6H,13H2,1H3. The molecular formula is C11H10BrN3O2. The van der Waals surface area contributed by atoms with Crippen LogP contribution in [-0.4, -0.2) is 22.9 Å². The number of benzene rings is 1. The highest BCUT2D eigenvalue weighted by Gasteiger charge is 2.14. The van der Waals surface area contributed by atoms with Crippen LogP contribution in [0.25, 0.3) is 5.69 Å². The summed E-state index contributed by atoms with van der Waals surface area (Å²) in [6.07, 6.45) is 3.38. The maximum Gasteiger partial charge on any atom is 0.340 e. The predicted molar refractivity (Wildman–Crippen MR) is 67.0 cm³/mol. The van der Waals surface area contributed by atoms with Crippen LogP contribution in [0.4, 0.5) is 5.69 Å². The first-order valence-electron chi connectivity index (χ1n) is 4.80. The summed E-state index contributed by atoms with van der Waals surface area (Å²) in [6, 6.07) is 5.00. The molecule has 2 rings (SSSR count). The second-order valence-corrected chi connectivity index (χ2v) is 4.29. The first-order valence-corrected chi connectivity index (χ1v) is 5.59. The highest BCUT2D eigenvalue weighted by Crippen LogP contribution is 2.20. The number of nitrogens with two attached hydrogens (primary N) is 1. The van der Waals surface area contributed by atoms with Gasteiger partial charge < -0.3 is 10.5 Å². The Morgan fingerprint density at radius 2 is 2.29 bits per heavy atom. The van der Waals surface area contributed by atoms with Crippen molar-refractivity contribution in [1.29, 1.82) is 0 Å². The first kappa shape index (κ1) is 11.7. The molecule has 0 unspecified atom stereocenters. The summed E-state index contributed by atoms with van der Waals surface area (Å²) < 4.78 is 7.12. The van der Waals surface area contributed by atoms with Gasteiger partial charge in [0.1, 0.15) is 0 Å². The molecule has 88 valence electrons. The number of esters is 1. The molecule has 1 aromatic heterocycles. The van der Waals surface area contributed by atoms with Gasteiger partial charge in [-0.15, -0.1) is 0 Å². The monoisotopic (exact) mass is 295 g/mol. The van der Waals surface area contributed by atoms with Crippen LogP contribution in [0.3, 0.4) is 0 Å². The van der Waals surface area contributed by atoms with E-state index in [0.29, 0.717) is 16.9 Å². The Bertz CT molecular complexity index is 566. The number of carbonyl (C=O) groups is 1. The van der Waals surface area contributed by atoms with Gasteiger partial charge in [-0.1, -0.05) is 0 Å². The Morgan fingerprint density at radius 1 is 1.53 bits per heavy atom. The third-order valence-electron chi connectivity index (χ3n) is 2.22. The van der Waals surface area contributed by atoms with Crippen molar-refractivity contribution in [2.45, 2.75) is 0 Å². The van der Waals surface area contributed by atoms with Gasteiger partial charge in [0, 0.05) is 11.9 Å². The van der Waals surface area contributed by atoms with Gasteiger partial charge in [0.15, 0.2) is 0 Å². The van der Waals surface area contributed by atoms with E-state index >= 15 is 0 Å². The molecule has 1 heterocycles. The van der Waals surface area contributed by atoms with Crippen molar-refractivity contribution >= 4 is 27.6 Å². The van der Waals surface area contributed by atoms with E-state index in [-0.39, 0.29) is 0 Å². The zero-order valence-corrected chi connectivity index (χ0v) is 10.6. The lowest BCUT2D eigenvalue weighted by atomic mass is 10.1. The van der Waals surface area contributed by atoms with Gasteiger partial charge in [-0.05, 0) is 34.1 Å². The summed E-state index contributed by atoms with van der Waals surface area (Å²) in [5.41, 5.74) is 7.16. The number of methoxy groups -OCH3 is 1. The van der Waals surface area contributed by atoms with Gasteiger partial charge in [0.2, 0.25) is 0 Å². The minimum Gasteiger partial charge on any atom is -0.465 e. The lowest BCUT2D eigenvalue weighted by Gasteiger charge is -2.08. The highest BCUT2D eigenvalue weighted by molar-refractivity contribution is 9.10. The Labute approximate surface area is 106 Å². The van der Waals surface area contributed by atoms with Gasteiger partial charge in [-0.2, -0.15) is 5.10 Å². The molecule has 0 aliphatic heterocycles. The van der Waals surface area contributed by atoms with Crippen LogP contribution in [0.5, 0.6) is 0 Å². The Morgan fingerprint density at radius 3 is 2.88 bits per heavy atom. The number of carbonyl (C=O) groups excluding carboxylic acids is 1. The van der Waals surface area contributed by atoms with Crippen molar-refractivity contribution in [3.8, 4) is 5.69 Å². The summed E-state index contributed by atoms with van der Waals surface area (Å²) in [5, 5.41) is 4.11. The molecule has 0 atom stereocenters. The van der Waals surface area contributed by atoms with E-state index in [4.69, 9.17) is 10.5 Å². The molecule has 0 fully saturated rings. The summed E-state index contributed by atoms with van der Waals surface area (Å²) in [4.78, 5) is 11.6. The van der Waals surface area contributed by atoms with Crippen molar-refractivity contribution < 1.29 is 9.53 Å². The van der Waals surface area contributed by atoms with E-state index in [2.05, 4.69) is 21.0 Å². The number of ether oxygens (including phenoxy) is 1. The fourth-order valence-corrected chi connectivity index (χ4v) is 1.74. The molecule has 0 aliphatic rings. The summed E-state index contributed by atoms with van der Waals surface area (Å²) in [7, 11) is 1.33. The average molecular weight is 296 g/mol. The van der Waals surface area contributed by atoms with Crippen molar-refractivity contribution in [2.24, 2.45) is 0 Å². The number of rotatable bonds is 2. The molecule has 2 aromatic rings. The van der Waals surface area contributed by atoms with Gasteiger partial charge in [-0.25, -0.2) is 9.48 Å². The van der Waals surface area contributed by atoms with Crippen LogP contribution in [0.1, 0.15) is 10.4 Å². The number of hydrogen-bond donors (Lipinski definition) is 1. The number of hydrogen-bond acceptors (Lipinski definition) is 4. The van der Waals surface area contributed by atoms with Gasteiger partial charge in [-0.3, -0.25) is 0 Å². The largest absolute Gasteiger partial charge is 0.465 e. The smallest absolute Gasteiger partial charge is 0.340 e. The molecule has 5 nitrogen and oxygen atoms in total. The number of nitrogens with zero attached hydrogens (tertiary/aromatic N) is 2. The summed E-state index contributed by atoms with van der Waals surface area (Å²) >= 11 is 3.30. The Hall–Kier alpha value is -1.82. The molecule has 6 heteroatoms. The molecule has 2 N–H and O–H groups in total. The third-order valence-corrected chi connectivity index (χ3v) is 2.63. The quantitative estimate of drug-likeness (QED) is 0.679. The zero-order chi connectivity index (χ0) is 12.4. The van der Waals surface area contributed by atoms with Crippen LogP contribution in [0.15, 0.2) is 35.1 Å². The molecule has 0 aliphatic carbocycles. The van der Waals surface area contributed by atoms with E-state index in [1.165, 1.54) is 7.11 Å². The lowest BCUT2D eigenvalue weighted by Crippen LogP contribution is -2.09. The van der Waals surface area contributed by atoms with Crippen LogP contribution < -0.4 is 5.73 Å². The molecule has 0 saturated heterocycles. The maximum absolute atomic E-state index is 11.6. The van der Waals surface area contributed by atoms with Crippen molar-refractivity contribution in [2.75, 3.05) is 12.8 Å². The number of halogens is 1. The van der Waals surface area contributed by atoms with Gasteiger partial charge >= 0.3 is 5.97 Å². The predicted octanol–water partition coefficient (Wildman–Crippen LogP) is 2.00. The minimum atomic E-state index is -0.445. The van der Waals surface area contributed by atoms with Gasteiger partial charge in [0.25, 0.3) is 0 Å². The SMILES string of the molecule is COC(=O)c1cc(N)ccc1-n1cc(Br)cn1. The molecular weight excluding hydrogens is 286 g/mol. The zero-order valence-electron chi connectivity index (χ0n) is 9.05. The average Bonchev–Trinajstić information content (AvgIpc) is 2.74. The molecule has 0 bridgehead atoms. The fourth-order valence-electron chi connectivity index (χ4n) is 1.46. The van der Waals surface area contributed by atoms with E-state index in [1.807, 2.05) is 0 Å². The van der Waals surface area contributed by atoms with E-state index in [1.54, 1.807) is 35.3 Å². The number of anilines is 1. The Balaban J connectivity index is 2.57. The number of aromatic nitrogens is 2. The lowest BCUT2D eigenvalue weighted by molar-refractivity contribution is 0.0600. The van der Waals surface area contributed by atoms with Gasteiger partial charge in [0.05, 0.1) is 29.0 Å². The van der Waals surface area contributed by atoms with E-state index in [0.717, 1.165) is 4.47 Å². The van der Waals surface area contributed by atoms with Crippen LogP contribution >= 0.6 is 15.9 Å². The van der Waals surface area contributed by atoms with Crippen molar-refractivity contribution in [3.05, 3.63) is 40.6 Å². The van der Waals surface area contributed by atoms with Crippen molar-refractivity contribution in [3.63, 3.8) is 0 Å². The second-order valence-electron chi connectivity index (χ2n) is 3.37. The maximum atomic E-state index is 11.6. The molecule has 17 heavy (non-hydrogen) atoms. The molecule has 0 spiro atoms. The normalized spacial score (nSPS) is 10.2. The van der Waals surface area contributed by atoms with Crippen LogP contribution in [0.2, 0.25) is 0 Å². The van der Waals surface area contributed by atoms with E-state index < -0.39 is 5.97 Å². The summed E-state index contributed by atoms with van der Waals surface area (Å²) in [6.45, 7) is 0. The van der Waals surface area contributed by atoms with Crippen molar-refractivity contribution in [1.82, 2.24) is 9.78 Å². The molecule has 0 radical (unpaired) electrons.